The maximum Gasteiger partial charge on any atom is 0.150 e. The van der Waals surface area contributed by atoms with Gasteiger partial charge in [0.25, 0.3) is 0 Å². The first-order valence-electron chi connectivity index (χ1n) is 4.00. The third kappa shape index (κ3) is 2.68. The normalized spacial score (nSPS) is 9.00. The summed E-state index contributed by atoms with van der Waals surface area (Å²) in [6, 6.07) is 4.04. The smallest absolute Gasteiger partial charge is 0.150 e. The number of methoxy groups -OCH3 is 1. The van der Waals surface area contributed by atoms with Gasteiger partial charge in [-0.25, -0.2) is 4.39 Å². The van der Waals surface area contributed by atoms with E-state index in [2.05, 4.69) is 11.8 Å². The van der Waals surface area contributed by atoms with E-state index in [9.17, 15) is 9.18 Å². The fourth-order valence-corrected chi connectivity index (χ4v) is 0.915. The molecule has 14 heavy (non-hydrogen) atoms. The summed E-state index contributed by atoms with van der Waals surface area (Å²) in [4.78, 5) is 10.4. The first kappa shape index (κ1) is 10.4. The largest absolute Gasteiger partial charge is 0.372 e. The molecule has 0 aliphatic heterocycles. The molecular formula is C11H9FO2. The lowest BCUT2D eigenvalue weighted by Gasteiger charge is -1.94. The molecule has 1 rings (SSSR count). The van der Waals surface area contributed by atoms with Crippen molar-refractivity contribution in [2.75, 3.05) is 13.7 Å². The summed E-state index contributed by atoms with van der Waals surface area (Å²) in [5, 5.41) is 0. The SMILES string of the molecule is COCC#Cc1cc(C=O)ccc1F. The van der Waals surface area contributed by atoms with Gasteiger partial charge in [-0.3, -0.25) is 4.79 Å². The molecule has 0 heterocycles. The van der Waals surface area contributed by atoms with Crippen molar-refractivity contribution in [3.63, 3.8) is 0 Å². The van der Waals surface area contributed by atoms with E-state index in [4.69, 9.17) is 4.74 Å². The van der Waals surface area contributed by atoms with E-state index in [1.807, 2.05) is 0 Å². The number of ether oxygens (including phenoxy) is 1. The molecule has 0 unspecified atom stereocenters. The Morgan fingerprint density at radius 3 is 3.00 bits per heavy atom. The zero-order chi connectivity index (χ0) is 10.4. The Balaban J connectivity index is 2.96. The van der Waals surface area contributed by atoms with Crippen LogP contribution in [0, 0.1) is 17.7 Å². The summed E-state index contributed by atoms with van der Waals surface area (Å²) in [6.45, 7) is 0.241. The first-order chi connectivity index (χ1) is 6.77. The molecule has 3 heteroatoms. The van der Waals surface area contributed by atoms with E-state index in [0.29, 0.717) is 11.8 Å². The standard InChI is InChI=1S/C11H9FO2/c1-14-6-2-3-10-7-9(8-13)4-5-11(10)12/h4-5,7-8H,6H2,1H3. The second-order valence-electron chi connectivity index (χ2n) is 2.59. The molecule has 0 saturated carbocycles. The quantitative estimate of drug-likeness (QED) is 0.526. The average Bonchev–Trinajstić information content (AvgIpc) is 2.21. The molecule has 1 aromatic rings. The van der Waals surface area contributed by atoms with Gasteiger partial charge >= 0.3 is 0 Å². The Bertz CT molecular complexity index is 388. The molecule has 0 aliphatic carbocycles. The number of benzene rings is 1. The van der Waals surface area contributed by atoms with Gasteiger partial charge in [0.05, 0.1) is 5.56 Å². The van der Waals surface area contributed by atoms with Crippen LogP contribution in [0.15, 0.2) is 18.2 Å². The van der Waals surface area contributed by atoms with Gasteiger partial charge in [-0.05, 0) is 18.2 Å². The van der Waals surface area contributed by atoms with Crippen molar-refractivity contribution in [3.8, 4) is 11.8 Å². The van der Waals surface area contributed by atoms with Gasteiger partial charge in [0.1, 0.15) is 18.7 Å². The van der Waals surface area contributed by atoms with Crippen LogP contribution >= 0.6 is 0 Å². The zero-order valence-electron chi connectivity index (χ0n) is 7.71. The van der Waals surface area contributed by atoms with Gasteiger partial charge in [0.2, 0.25) is 0 Å². The summed E-state index contributed by atoms with van der Waals surface area (Å²) in [5.41, 5.74) is 0.625. The topological polar surface area (TPSA) is 26.3 Å². The molecule has 0 spiro atoms. The highest BCUT2D eigenvalue weighted by Crippen LogP contribution is 2.07. The highest BCUT2D eigenvalue weighted by Gasteiger charge is 1.99. The molecule has 0 radical (unpaired) electrons. The van der Waals surface area contributed by atoms with Gasteiger partial charge in [0, 0.05) is 12.7 Å². The van der Waals surface area contributed by atoms with Crippen molar-refractivity contribution in [2.45, 2.75) is 0 Å². The predicted octanol–water partition coefficient (Wildman–Crippen LogP) is 1.64. The van der Waals surface area contributed by atoms with Gasteiger partial charge in [-0.15, -0.1) is 0 Å². The van der Waals surface area contributed by atoms with Crippen LogP contribution < -0.4 is 0 Å². The molecule has 0 fully saturated rings. The van der Waals surface area contributed by atoms with Gasteiger partial charge in [-0.2, -0.15) is 0 Å². The van der Waals surface area contributed by atoms with Crippen LogP contribution in [0.5, 0.6) is 0 Å². The number of hydrogen-bond acceptors (Lipinski definition) is 2. The van der Waals surface area contributed by atoms with E-state index in [1.165, 1.54) is 25.3 Å². The molecule has 0 saturated heterocycles. The molecule has 2 nitrogen and oxygen atoms in total. The molecule has 0 N–H and O–H groups in total. The minimum Gasteiger partial charge on any atom is -0.372 e. The Hall–Kier alpha value is -1.66. The lowest BCUT2D eigenvalue weighted by Crippen LogP contribution is -1.88. The van der Waals surface area contributed by atoms with Crippen LogP contribution in [0.2, 0.25) is 0 Å². The molecule has 0 atom stereocenters. The van der Waals surface area contributed by atoms with Crippen molar-refractivity contribution in [1.82, 2.24) is 0 Å². The van der Waals surface area contributed by atoms with Crippen LogP contribution in [0.4, 0.5) is 4.39 Å². The molecular weight excluding hydrogens is 183 g/mol. The highest BCUT2D eigenvalue weighted by molar-refractivity contribution is 5.75. The lowest BCUT2D eigenvalue weighted by atomic mass is 10.1. The summed E-state index contributed by atoms with van der Waals surface area (Å²) in [6.07, 6.45) is 0.654. The highest BCUT2D eigenvalue weighted by atomic mass is 19.1. The number of halogens is 1. The van der Waals surface area contributed by atoms with Crippen LogP contribution in [0.3, 0.4) is 0 Å². The third-order valence-corrected chi connectivity index (χ3v) is 1.57. The van der Waals surface area contributed by atoms with Crippen LogP contribution in [-0.4, -0.2) is 20.0 Å². The number of rotatable bonds is 2. The summed E-state index contributed by atoms with van der Waals surface area (Å²) >= 11 is 0. The van der Waals surface area contributed by atoms with Crippen LogP contribution in [0.1, 0.15) is 15.9 Å². The average molecular weight is 192 g/mol. The van der Waals surface area contributed by atoms with E-state index >= 15 is 0 Å². The van der Waals surface area contributed by atoms with Crippen molar-refractivity contribution in [3.05, 3.63) is 35.1 Å². The van der Waals surface area contributed by atoms with Crippen LogP contribution in [-0.2, 0) is 4.74 Å². The summed E-state index contributed by atoms with van der Waals surface area (Å²) in [5.74, 6) is 4.76. The minimum atomic E-state index is -0.431. The van der Waals surface area contributed by atoms with Crippen molar-refractivity contribution in [1.29, 1.82) is 0 Å². The molecule has 72 valence electrons. The lowest BCUT2D eigenvalue weighted by molar-refractivity contribution is 0.112. The Labute approximate surface area is 81.7 Å². The number of carbonyl (C=O) groups excluding carboxylic acids is 1. The maximum absolute atomic E-state index is 13.1. The van der Waals surface area contributed by atoms with E-state index < -0.39 is 5.82 Å². The third-order valence-electron chi connectivity index (χ3n) is 1.57. The van der Waals surface area contributed by atoms with Gasteiger partial charge in [0.15, 0.2) is 0 Å². The summed E-state index contributed by atoms with van der Waals surface area (Å²) < 4.78 is 17.8. The van der Waals surface area contributed by atoms with Crippen molar-refractivity contribution >= 4 is 6.29 Å². The Morgan fingerprint density at radius 2 is 2.36 bits per heavy atom. The fraction of sp³-hybridized carbons (Fsp3) is 0.182. The van der Waals surface area contributed by atoms with Crippen molar-refractivity contribution < 1.29 is 13.9 Å². The molecule has 0 aromatic heterocycles. The Kier molecular flexibility index (Phi) is 3.84. The zero-order valence-corrected chi connectivity index (χ0v) is 7.71. The van der Waals surface area contributed by atoms with Crippen molar-refractivity contribution in [2.24, 2.45) is 0 Å². The molecule has 1 aromatic carbocycles. The summed E-state index contributed by atoms with van der Waals surface area (Å²) in [7, 11) is 1.51. The van der Waals surface area contributed by atoms with Crippen LogP contribution in [0.25, 0.3) is 0 Å². The molecule has 0 amide bonds. The molecule has 0 aliphatic rings. The first-order valence-corrected chi connectivity index (χ1v) is 4.00. The monoisotopic (exact) mass is 192 g/mol. The van der Waals surface area contributed by atoms with Gasteiger partial charge in [-0.1, -0.05) is 11.8 Å². The van der Waals surface area contributed by atoms with E-state index in [0.717, 1.165) is 0 Å². The minimum absolute atomic E-state index is 0.214. The number of hydrogen-bond donors (Lipinski definition) is 0. The maximum atomic E-state index is 13.1. The second kappa shape index (κ2) is 5.15. The number of carbonyl (C=O) groups is 1. The second-order valence-corrected chi connectivity index (χ2v) is 2.59. The van der Waals surface area contributed by atoms with E-state index in [1.54, 1.807) is 0 Å². The Morgan fingerprint density at radius 1 is 1.57 bits per heavy atom. The van der Waals surface area contributed by atoms with E-state index in [-0.39, 0.29) is 12.2 Å². The van der Waals surface area contributed by atoms with Gasteiger partial charge < -0.3 is 4.74 Å². The number of aldehydes is 1. The molecule has 0 bridgehead atoms. The predicted molar refractivity (Wildman–Crippen MR) is 50.5 cm³/mol. The fourth-order valence-electron chi connectivity index (χ4n) is 0.915.